The number of benzene rings is 1. The Morgan fingerprint density at radius 1 is 1.44 bits per heavy atom. The average Bonchev–Trinajstić information content (AvgIpc) is 2.20. The fourth-order valence-corrected chi connectivity index (χ4v) is 1.47. The highest BCUT2D eigenvalue weighted by atomic mass is 35.5. The summed E-state index contributed by atoms with van der Waals surface area (Å²) in [5.74, 6) is 1.44. The molecule has 8 heteroatoms. The summed E-state index contributed by atoms with van der Waals surface area (Å²) in [6, 6.07) is 2.24. The van der Waals surface area contributed by atoms with E-state index in [1.54, 1.807) is 0 Å². The Bertz CT molecular complexity index is 488. The van der Waals surface area contributed by atoms with E-state index in [1.807, 2.05) is 0 Å². The van der Waals surface area contributed by atoms with Gasteiger partial charge in [-0.3, -0.25) is 10.1 Å². The second kappa shape index (κ2) is 5.03. The standard InChI is InChI=1S/C8H3BCl2N2O3/c9-12(1-2-14)7-3-6(11)8(13(15)16)4-5(7)10/h1,3-4H. The molecule has 0 amide bonds. The molecular formula is C8H3BCl2N2O3. The predicted molar refractivity (Wildman–Crippen MR) is 61.6 cm³/mol. The van der Waals surface area contributed by atoms with Crippen LogP contribution in [0.3, 0.4) is 0 Å². The van der Waals surface area contributed by atoms with Gasteiger partial charge in [0.25, 0.3) is 5.69 Å². The van der Waals surface area contributed by atoms with E-state index in [-0.39, 0.29) is 21.4 Å². The van der Waals surface area contributed by atoms with Crippen molar-refractivity contribution < 1.29 is 9.72 Å². The molecule has 5 nitrogen and oxygen atoms in total. The van der Waals surface area contributed by atoms with Crippen molar-refractivity contribution in [3.8, 4) is 0 Å². The summed E-state index contributed by atoms with van der Waals surface area (Å²) in [7, 11) is 5.40. The van der Waals surface area contributed by atoms with Crippen LogP contribution in [0.5, 0.6) is 0 Å². The van der Waals surface area contributed by atoms with Crippen LogP contribution < -0.4 is 4.81 Å². The Kier molecular flexibility index (Phi) is 3.96. The zero-order valence-corrected chi connectivity index (χ0v) is 9.20. The first-order valence-electron chi connectivity index (χ1n) is 3.85. The van der Waals surface area contributed by atoms with Crippen LogP contribution in [0.4, 0.5) is 11.4 Å². The summed E-state index contributed by atoms with van der Waals surface area (Å²) in [6.07, 6.45) is 0.878. The maximum Gasteiger partial charge on any atom is 0.289 e. The van der Waals surface area contributed by atoms with E-state index in [0.717, 1.165) is 17.1 Å². The van der Waals surface area contributed by atoms with Gasteiger partial charge in [-0.25, -0.2) is 4.79 Å². The number of anilines is 1. The lowest BCUT2D eigenvalue weighted by atomic mass is 10.2. The topological polar surface area (TPSA) is 63.5 Å². The van der Waals surface area contributed by atoms with E-state index >= 15 is 0 Å². The molecule has 0 N–H and O–H groups in total. The highest BCUT2D eigenvalue weighted by molar-refractivity contribution is 6.38. The van der Waals surface area contributed by atoms with Crippen molar-refractivity contribution in [1.29, 1.82) is 0 Å². The minimum atomic E-state index is -0.672. The van der Waals surface area contributed by atoms with Crippen LogP contribution in [-0.4, -0.2) is 18.8 Å². The van der Waals surface area contributed by atoms with E-state index in [9.17, 15) is 14.9 Å². The summed E-state index contributed by atoms with van der Waals surface area (Å²) in [6.45, 7) is 0. The number of hydrogen-bond donors (Lipinski definition) is 0. The second-order valence-corrected chi connectivity index (χ2v) is 3.48. The number of halogens is 2. The molecule has 2 radical (unpaired) electrons. The number of nitro benzene ring substituents is 1. The molecule has 0 aliphatic rings. The van der Waals surface area contributed by atoms with Crippen molar-refractivity contribution in [2.45, 2.75) is 0 Å². The van der Waals surface area contributed by atoms with Crippen molar-refractivity contribution in [2.24, 2.45) is 0 Å². The lowest BCUT2D eigenvalue weighted by molar-refractivity contribution is -0.384. The van der Waals surface area contributed by atoms with Gasteiger partial charge in [-0.05, 0) is 6.07 Å². The number of rotatable bonds is 3. The maximum absolute atomic E-state index is 10.5. The minimum Gasteiger partial charge on any atom is -0.394 e. The van der Waals surface area contributed by atoms with Gasteiger partial charge in [0.1, 0.15) is 11.0 Å². The van der Waals surface area contributed by atoms with Crippen LogP contribution in [0.25, 0.3) is 0 Å². The van der Waals surface area contributed by atoms with Gasteiger partial charge in [0.2, 0.25) is 7.98 Å². The molecule has 0 aliphatic heterocycles. The third kappa shape index (κ3) is 2.55. The smallest absolute Gasteiger partial charge is 0.289 e. The van der Waals surface area contributed by atoms with Gasteiger partial charge in [-0.1, -0.05) is 23.2 Å². The molecule has 0 unspecified atom stereocenters. The Hall–Kier alpha value is -1.49. The Balaban J connectivity index is 3.30. The first-order valence-corrected chi connectivity index (χ1v) is 4.61. The van der Waals surface area contributed by atoms with E-state index < -0.39 is 4.92 Å². The SMILES string of the molecule is [B]N(C=C=O)c1cc(Cl)c([N+](=O)[O-])cc1Cl. The maximum atomic E-state index is 10.5. The van der Waals surface area contributed by atoms with Crippen LogP contribution in [0.1, 0.15) is 0 Å². The van der Waals surface area contributed by atoms with E-state index in [0.29, 0.717) is 0 Å². The van der Waals surface area contributed by atoms with E-state index in [4.69, 9.17) is 31.2 Å². The molecule has 0 aromatic heterocycles. The van der Waals surface area contributed by atoms with E-state index in [1.165, 1.54) is 12.0 Å². The lowest BCUT2D eigenvalue weighted by Gasteiger charge is -2.14. The summed E-state index contributed by atoms with van der Waals surface area (Å²) < 4.78 is 0. The molecule has 0 saturated heterocycles. The molecule has 0 spiro atoms. The lowest BCUT2D eigenvalue weighted by Crippen LogP contribution is -2.11. The molecule has 0 atom stereocenters. The second-order valence-electron chi connectivity index (χ2n) is 2.67. The first-order chi connectivity index (χ1) is 7.47. The summed E-state index contributed by atoms with van der Waals surface area (Å²) in [5, 5.41) is 10.4. The van der Waals surface area contributed by atoms with Gasteiger partial charge >= 0.3 is 0 Å². The summed E-state index contributed by atoms with van der Waals surface area (Å²) in [4.78, 5) is 20.8. The summed E-state index contributed by atoms with van der Waals surface area (Å²) in [5.41, 5.74) is -0.167. The average molecular weight is 257 g/mol. The Morgan fingerprint density at radius 2 is 2.06 bits per heavy atom. The highest BCUT2D eigenvalue weighted by Crippen LogP contribution is 2.35. The normalized spacial score (nSPS) is 9.38. The molecule has 1 aromatic rings. The molecule has 0 saturated carbocycles. The molecule has 1 aromatic carbocycles. The molecular weight excluding hydrogens is 254 g/mol. The van der Waals surface area contributed by atoms with Crippen molar-refractivity contribution in [3.63, 3.8) is 0 Å². The van der Waals surface area contributed by atoms with Crippen molar-refractivity contribution in [3.05, 3.63) is 38.5 Å². The van der Waals surface area contributed by atoms with Crippen molar-refractivity contribution in [2.75, 3.05) is 4.81 Å². The number of nitro groups is 1. The van der Waals surface area contributed by atoms with Crippen LogP contribution in [0.15, 0.2) is 18.3 Å². The van der Waals surface area contributed by atoms with Crippen LogP contribution in [0, 0.1) is 10.1 Å². The molecule has 80 valence electrons. The predicted octanol–water partition coefficient (Wildman–Crippen LogP) is 2.14. The Labute approximate surface area is 102 Å². The van der Waals surface area contributed by atoms with Gasteiger partial charge in [0.15, 0.2) is 0 Å². The number of nitrogens with zero attached hydrogens (tertiary/aromatic N) is 2. The number of hydrogen-bond acceptors (Lipinski definition) is 4. The quantitative estimate of drug-likeness (QED) is 0.360. The van der Waals surface area contributed by atoms with Crippen LogP contribution >= 0.6 is 23.2 Å². The van der Waals surface area contributed by atoms with Crippen LogP contribution in [0.2, 0.25) is 10.0 Å². The van der Waals surface area contributed by atoms with E-state index in [2.05, 4.69) is 0 Å². The Morgan fingerprint density at radius 3 is 2.56 bits per heavy atom. The third-order valence-corrected chi connectivity index (χ3v) is 2.29. The summed E-state index contributed by atoms with van der Waals surface area (Å²) >= 11 is 11.4. The molecule has 0 aliphatic carbocycles. The van der Waals surface area contributed by atoms with Crippen LogP contribution in [-0.2, 0) is 4.79 Å². The van der Waals surface area contributed by atoms with Gasteiger partial charge < -0.3 is 4.81 Å². The fraction of sp³-hybridized carbons (Fsp3) is 0. The van der Waals surface area contributed by atoms with Crippen molar-refractivity contribution >= 4 is 48.5 Å². The number of carbonyl (C=O) groups excluding carboxylic acids is 1. The van der Waals surface area contributed by atoms with Gasteiger partial charge in [-0.15, -0.1) is 0 Å². The van der Waals surface area contributed by atoms with Crippen molar-refractivity contribution in [1.82, 2.24) is 0 Å². The fourth-order valence-electron chi connectivity index (χ4n) is 0.990. The molecule has 0 heterocycles. The largest absolute Gasteiger partial charge is 0.394 e. The van der Waals surface area contributed by atoms with Gasteiger partial charge in [0.05, 0.1) is 16.1 Å². The zero-order chi connectivity index (χ0) is 12.3. The zero-order valence-electron chi connectivity index (χ0n) is 7.68. The monoisotopic (exact) mass is 256 g/mol. The molecule has 16 heavy (non-hydrogen) atoms. The third-order valence-electron chi connectivity index (χ3n) is 1.68. The highest BCUT2D eigenvalue weighted by Gasteiger charge is 2.17. The minimum absolute atomic E-state index is 0.00472. The first kappa shape index (κ1) is 12.6. The molecule has 1 rings (SSSR count). The molecule has 0 bridgehead atoms. The van der Waals surface area contributed by atoms with Gasteiger partial charge in [-0.2, -0.15) is 0 Å². The molecule has 0 fully saturated rings. The van der Waals surface area contributed by atoms with Gasteiger partial charge in [0, 0.05) is 11.8 Å².